The van der Waals surface area contributed by atoms with Crippen molar-refractivity contribution in [2.75, 3.05) is 0 Å². The van der Waals surface area contributed by atoms with Crippen molar-refractivity contribution in [3.8, 4) is 11.5 Å². The molecule has 0 saturated carbocycles. The summed E-state index contributed by atoms with van der Waals surface area (Å²) < 4.78 is 19.1. The lowest BCUT2D eigenvalue weighted by atomic mass is 10.2. The Kier molecular flexibility index (Phi) is 3.90. The Labute approximate surface area is 111 Å². The maximum absolute atomic E-state index is 13.5. The Morgan fingerprint density at radius 1 is 1.26 bits per heavy atom. The first-order valence-corrected chi connectivity index (χ1v) is 6.03. The molecule has 0 radical (unpaired) electrons. The summed E-state index contributed by atoms with van der Waals surface area (Å²) in [6.45, 7) is 3.85. The third kappa shape index (κ3) is 2.78. The lowest BCUT2D eigenvalue weighted by Crippen LogP contribution is -1.98. The standard InChI is InChI=1S/C15H14FNO2/c1-3-13-15(8-7-10(2)17-13)19-14-6-4-5-12(16)11(14)9-18/h4-9H,3H2,1-2H3. The summed E-state index contributed by atoms with van der Waals surface area (Å²) in [5, 5.41) is 0. The van der Waals surface area contributed by atoms with E-state index < -0.39 is 5.82 Å². The lowest BCUT2D eigenvalue weighted by molar-refractivity contribution is 0.111. The van der Waals surface area contributed by atoms with E-state index in [9.17, 15) is 9.18 Å². The lowest BCUT2D eigenvalue weighted by Gasteiger charge is -2.11. The van der Waals surface area contributed by atoms with E-state index in [4.69, 9.17) is 4.74 Å². The van der Waals surface area contributed by atoms with Gasteiger partial charge >= 0.3 is 0 Å². The van der Waals surface area contributed by atoms with Gasteiger partial charge in [-0.3, -0.25) is 9.78 Å². The number of aldehydes is 1. The molecule has 0 bridgehead atoms. The molecule has 0 amide bonds. The number of benzene rings is 1. The number of hydrogen-bond acceptors (Lipinski definition) is 3. The summed E-state index contributed by atoms with van der Waals surface area (Å²) in [6, 6.07) is 7.89. The Hall–Kier alpha value is -2.23. The van der Waals surface area contributed by atoms with Gasteiger partial charge in [0.05, 0.1) is 11.3 Å². The highest BCUT2D eigenvalue weighted by Crippen LogP contribution is 2.28. The fourth-order valence-corrected chi connectivity index (χ4v) is 1.78. The molecule has 0 aliphatic rings. The molecule has 4 heteroatoms. The molecular formula is C15H14FNO2. The van der Waals surface area contributed by atoms with Crippen LogP contribution in [0.4, 0.5) is 4.39 Å². The fraction of sp³-hybridized carbons (Fsp3) is 0.200. The number of hydrogen-bond donors (Lipinski definition) is 0. The van der Waals surface area contributed by atoms with Gasteiger partial charge in [-0.1, -0.05) is 13.0 Å². The molecule has 2 aromatic rings. The third-order valence-corrected chi connectivity index (χ3v) is 2.76. The van der Waals surface area contributed by atoms with Gasteiger partial charge in [0.15, 0.2) is 6.29 Å². The number of ether oxygens (including phenoxy) is 1. The molecule has 3 nitrogen and oxygen atoms in total. The van der Waals surface area contributed by atoms with Gasteiger partial charge in [-0.15, -0.1) is 0 Å². The molecule has 1 heterocycles. The van der Waals surface area contributed by atoms with E-state index in [2.05, 4.69) is 4.98 Å². The van der Waals surface area contributed by atoms with Crippen molar-refractivity contribution in [2.24, 2.45) is 0 Å². The van der Waals surface area contributed by atoms with Crippen molar-refractivity contribution in [1.82, 2.24) is 4.98 Å². The van der Waals surface area contributed by atoms with Crippen LogP contribution in [0.2, 0.25) is 0 Å². The van der Waals surface area contributed by atoms with Crippen LogP contribution in [-0.4, -0.2) is 11.3 Å². The van der Waals surface area contributed by atoms with Crippen molar-refractivity contribution in [3.63, 3.8) is 0 Å². The molecule has 1 aromatic carbocycles. The normalized spacial score (nSPS) is 10.3. The highest BCUT2D eigenvalue weighted by molar-refractivity contribution is 5.79. The third-order valence-electron chi connectivity index (χ3n) is 2.76. The predicted octanol–water partition coefficient (Wildman–Crippen LogP) is 3.70. The van der Waals surface area contributed by atoms with Gasteiger partial charge in [0.25, 0.3) is 0 Å². The van der Waals surface area contributed by atoms with Crippen LogP contribution in [0, 0.1) is 12.7 Å². The van der Waals surface area contributed by atoms with Crippen molar-refractivity contribution in [2.45, 2.75) is 20.3 Å². The number of carbonyl (C=O) groups excluding carboxylic acids is 1. The summed E-state index contributed by atoms with van der Waals surface area (Å²) >= 11 is 0. The van der Waals surface area contributed by atoms with Crippen molar-refractivity contribution in [1.29, 1.82) is 0 Å². The van der Waals surface area contributed by atoms with Gasteiger partial charge in [0.2, 0.25) is 0 Å². The first-order chi connectivity index (χ1) is 9.15. The maximum Gasteiger partial charge on any atom is 0.156 e. The van der Waals surface area contributed by atoms with Gasteiger partial charge in [0, 0.05) is 5.69 Å². The van der Waals surface area contributed by atoms with Crippen LogP contribution in [0.5, 0.6) is 11.5 Å². The molecule has 19 heavy (non-hydrogen) atoms. The second kappa shape index (κ2) is 5.61. The molecule has 0 unspecified atom stereocenters. The second-order valence-electron chi connectivity index (χ2n) is 4.12. The first-order valence-electron chi connectivity index (χ1n) is 6.03. The molecule has 0 atom stereocenters. The quantitative estimate of drug-likeness (QED) is 0.786. The van der Waals surface area contributed by atoms with Crippen LogP contribution >= 0.6 is 0 Å². The van der Waals surface area contributed by atoms with E-state index in [0.717, 1.165) is 11.4 Å². The van der Waals surface area contributed by atoms with E-state index >= 15 is 0 Å². The molecule has 0 N–H and O–H groups in total. The summed E-state index contributed by atoms with van der Waals surface area (Å²) in [5.74, 6) is 0.155. The summed E-state index contributed by atoms with van der Waals surface area (Å²) in [7, 11) is 0. The number of halogens is 1. The number of aromatic nitrogens is 1. The van der Waals surface area contributed by atoms with Crippen molar-refractivity contribution >= 4 is 6.29 Å². The van der Waals surface area contributed by atoms with Crippen molar-refractivity contribution < 1.29 is 13.9 Å². The molecule has 98 valence electrons. The van der Waals surface area contributed by atoms with Crippen molar-refractivity contribution in [3.05, 3.63) is 53.1 Å². The zero-order valence-electron chi connectivity index (χ0n) is 10.8. The van der Waals surface area contributed by atoms with Crippen LogP contribution in [0.3, 0.4) is 0 Å². The van der Waals surface area contributed by atoms with Gasteiger partial charge in [-0.25, -0.2) is 4.39 Å². The average Bonchev–Trinajstić information content (AvgIpc) is 2.41. The van der Waals surface area contributed by atoms with E-state index in [0.29, 0.717) is 18.5 Å². The van der Waals surface area contributed by atoms with E-state index in [1.54, 1.807) is 12.1 Å². The first kappa shape index (κ1) is 13.2. The zero-order valence-corrected chi connectivity index (χ0v) is 10.8. The topological polar surface area (TPSA) is 39.2 Å². The molecule has 2 rings (SSSR count). The van der Waals surface area contributed by atoms with Crippen LogP contribution in [0.1, 0.15) is 28.7 Å². The highest BCUT2D eigenvalue weighted by atomic mass is 19.1. The smallest absolute Gasteiger partial charge is 0.156 e. The Balaban J connectivity index is 2.41. The predicted molar refractivity (Wildman–Crippen MR) is 70.2 cm³/mol. The molecule has 0 saturated heterocycles. The van der Waals surface area contributed by atoms with Crippen LogP contribution < -0.4 is 4.74 Å². The summed E-state index contributed by atoms with van der Waals surface area (Å²) in [6.07, 6.45) is 1.15. The molecule has 0 aliphatic heterocycles. The zero-order chi connectivity index (χ0) is 13.8. The fourth-order valence-electron chi connectivity index (χ4n) is 1.78. The van der Waals surface area contributed by atoms with Gasteiger partial charge in [-0.2, -0.15) is 0 Å². The number of pyridine rings is 1. The maximum atomic E-state index is 13.5. The van der Waals surface area contributed by atoms with Gasteiger partial charge < -0.3 is 4.74 Å². The van der Waals surface area contributed by atoms with Crippen LogP contribution in [0.15, 0.2) is 30.3 Å². The Bertz CT molecular complexity index is 611. The van der Waals surface area contributed by atoms with Gasteiger partial charge in [0.1, 0.15) is 17.3 Å². The monoisotopic (exact) mass is 259 g/mol. The minimum atomic E-state index is -0.592. The average molecular weight is 259 g/mol. The Morgan fingerprint density at radius 3 is 2.74 bits per heavy atom. The number of nitrogens with zero attached hydrogens (tertiary/aromatic N) is 1. The van der Waals surface area contributed by atoms with E-state index in [1.807, 2.05) is 19.9 Å². The number of rotatable bonds is 4. The highest BCUT2D eigenvalue weighted by Gasteiger charge is 2.12. The SMILES string of the molecule is CCc1nc(C)ccc1Oc1cccc(F)c1C=O. The van der Waals surface area contributed by atoms with E-state index in [-0.39, 0.29) is 11.3 Å². The number of aryl methyl sites for hydroxylation is 2. The minimum absolute atomic E-state index is 0.0786. The van der Waals surface area contributed by atoms with Crippen LogP contribution in [-0.2, 0) is 6.42 Å². The second-order valence-corrected chi connectivity index (χ2v) is 4.12. The molecular weight excluding hydrogens is 245 g/mol. The molecule has 0 spiro atoms. The molecule has 1 aromatic heterocycles. The van der Waals surface area contributed by atoms with Gasteiger partial charge in [-0.05, 0) is 37.6 Å². The van der Waals surface area contributed by atoms with E-state index in [1.165, 1.54) is 12.1 Å². The minimum Gasteiger partial charge on any atom is -0.455 e. The largest absolute Gasteiger partial charge is 0.455 e. The summed E-state index contributed by atoms with van der Waals surface area (Å²) in [4.78, 5) is 15.3. The number of carbonyl (C=O) groups is 1. The Morgan fingerprint density at radius 2 is 2.05 bits per heavy atom. The summed E-state index contributed by atoms with van der Waals surface area (Å²) in [5.41, 5.74) is 1.59. The van der Waals surface area contributed by atoms with Crippen LogP contribution in [0.25, 0.3) is 0 Å². The molecule has 0 aliphatic carbocycles. The molecule has 0 fully saturated rings.